The predicted octanol–water partition coefficient (Wildman–Crippen LogP) is 2.75. The first kappa shape index (κ1) is 12.3. The van der Waals surface area contributed by atoms with Crippen LogP contribution in [0, 0.1) is 6.92 Å². The molecule has 2 aromatic rings. The topological polar surface area (TPSA) is 46.0 Å². The Kier molecular flexibility index (Phi) is 3.30. The summed E-state index contributed by atoms with van der Waals surface area (Å²) in [5, 5.41) is 9.29. The van der Waals surface area contributed by atoms with Gasteiger partial charge in [0.1, 0.15) is 5.82 Å². The van der Waals surface area contributed by atoms with Gasteiger partial charge in [0.05, 0.1) is 12.3 Å². The summed E-state index contributed by atoms with van der Waals surface area (Å²) in [5.74, 6) is 1.13. The highest BCUT2D eigenvalue weighted by Crippen LogP contribution is 2.35. The third-order valence-corrected chi connectivity index (χ3v) is 3.77. The molecule has 3 heteroatoms. The van der Waals surface area contributed by atoms with Crippen LogP contribution >= 0.6 is 0 Å². The number of benzene rings is 1. The van der Waals surface area contributed by atoms with Crippen LogP contribution in [0.2, 0.25) is 0 Å². The number of nitrogens with zero attached hydrogens (tertiary/aromatic N) is 2. The predicted molar refractivity (Wildman–Crippen MR) is 73.9 cm³/mol. The van der Waals surface area contributed by atoms with E-state index in [0.717, 1.165) is 24.4 Å². The molecule has 1 N–H and O–H groups in total. The number of fused-ring (bicyclic) bond motifs is 1. The second-order valence-electron chi connectivity index (χ2n) is 5.16. The Hall–Kier alpha value is -1.74. The molecule has 0 radical (unpaired) electrons. The summed E-state index contributed by atoms with van der Waals surface area (Å²) in [6, 6.07) is 10.4. The summed E-state index contributed by atoms with van der Waals surface area (Å²) in [5.41, 5.74) is 4.40. The minimum atomic E-state index is -0.0231. The fourth-order valence-corrected chi connectivity index (χ4v) is 2.92. The molecular formula is C16H18N2O. The van der Waals surface area contributed by atoms with Crippen LogP contribution in [0.5, 0.6) is 0 Å². The number of aromatic nitrogens is 2. The van der Waals surface area contributed by atoms with E-state index in [4.69, 9.17) is 0 Å². The van der Waals surface area contributed by atoms with E-state index >= 15 is 0 Å². The molecule has 0 fully saturated rings. The molecule has 0 spiro atoms. The lowest BCUT2D eigenvalue weighted by Gasteiger charge is -2.24. The van der Waals surface area contributed by atoms with Crippen molar-refractivity contribution in [2.24, 2.45) is 0 Å². The maximum Gasteiger partial charge on any atom is 0.136 e. The first-order valence-electron chi connectivity index (χ1n) is 6.81. The molecule has 1 atom stereocenters. The first-order chi connectivity index (χ1) is 9.28. The van der Waals surface area contributed by atoms with Gasteiger partial charge in [0, 0.05) is 11.6 Å². The molecule has 1 aliphatic carbocycles. The molecule has 19 heavy (non-hydrogen) atoms. The van der Waals surface area contributed by atoms with Crippen molar-refractivity contribution in [3.63, 3.8) is 0 Å². The van der Waals surface area contributed by atoms with Crippen molar-refractivity contribution in [1.82, 2.24) is 9.97 Å². The Morgan fingerprint density at radius 3 is 2.95 bits per heavy atom. The van der Waals surface area contributed by atoms with Crippen LogP contribution in [-0.2, 0) is 13.0 Å². The molecule has 1 aromatic carbocycles. The van der Waals surface area contributed by atoms with E-state index in [1.165, 1.54) is 17.5 Å². The highest BCUT2D eigenvalue weighted by molar-refractivity contribution is 5.36. The SMILES string of the molecule is Cc1cc(CO)nc(C2CCCc3ccccc32)n1. The molecule has 0 saturated carbocycles. The molecule has 0 bridgehead atoms. The smallest absolute Gasteiger partial charge is 0.136 e. The van der Waals surface area contributed by atoms with Crippen molar-refractivity contribution in [3.8, 4) is 0 Å². The van der Waals surface area contributed by atoms with Gasteiger partial charge < -0.3 is 5.11 Å². The summed E-state index contributed by atoms with van der Waals surface area (Å²) in [4.78, 5) is 9.10. The van der Waals surface area contributed by atoms with E-state index in [2.05, 4.69) is 34.2 Å². The van der Waals surface area contributed by atoms with Crippen LogP contribution < -0.4 is 0 Å². The molecule has 3 nitrogen and oxygen atoms in total. The quantitative estimate of drug-likeness (QED) is 0.896. The van der Waals surface area contributed by atoms with Crippen LogP contribution in [0.3, 0.4) is 0 Å². The van der Waals surface area contributed by atoms with Crippen molar-refractivity contribution < 1.29 is 5.11 Å². The Morgan fingerprint density at radius 2 is 2.11 bits per heavy atom. The highest BCUT2D eigenvalue weighted by Gasteiger charge is 2.24. The Balaban J connectivity index is 2.06. The normalized spacial score (nSPS) is 18.1. The van der Waals surface area contributed by atoms with Crippen molar-refractivity contribution in [2.75, 3.05) is 0 Å². The molecule has 1 unspecified atom stereocenters. The Labute approximate surface area is 113 Å². The monoisotopic (exact) mass is 254 g/mol. The number of rotatable bonds is 2. The largest absolute Gasteiger partial charge is 0.390 e. The third-order valence-electron chi connectivity index (χ3n) is 3.77. The maximum atomic E-state index is 9.29. The average molecular weight is 254 g/mol. The van der Waals surface area contributed by atoms with E-state index in [1.54, 1.807) is 0 Å². The number of hydrogen-bond donors (Lipinski definition) is 1. The maximum absolute atomic E-state index is 9.29. The van der Waals surface area contributed by atoms with Gasteiger partial charge in [-0.15, -0.1) is 0 Å². The summed E-state index contributed by atoms with van der Waals surface area (Å²) in [6.07, 6.45) is 3.41. The molecule has 0 saturated heterocycles. The van der Waals surface area contributed by atoms with E-state index < -0.39 is 0 Å². The number of aliphatic hydroxyl groups is 1. The van der Waals surface area contributed by atoms with Crippen LogP contribution in [0.4, 0.5) is 0 Å². The second kappa shape index (κ2) is 5.10. The zero-order chi connectivity index (χ0) is 13.2. The lowest BCUT2D eigenvalue weighted by atomic mass is 9.82. The van der Waals surface area contributed by atoms with Gasteiger partial charge in [-0.05, 0) is 43.4 Å². The fraction of sp³-hybridized carbons (Fsp3) is 0.375. The number of aliphatic hydroxyl groups excluding tert-OH is 1. The zero-order valence-corrected chi connectivity index (χ0v) is 11.1. The van der Waals surface area contributed by atoms with Crippen LogP contribution in [0.25, 0.3) is 0 Å². The summed E-state index contributed by atoms with van der Waals surface area (Å²) < 4.78 is 0. The third kappa shape index (κ3) is 2.38. The van der Waals surface area contributed by atoms with Gasteiger partial charge in [0.25, 0.3) is 0 Å². The van der Waals surface area contributed by atoms with Gasteiger partial charge in [-0.25, -0.2) is 9.97 Å². The minimum Gasteiger partial charge on any atom is -0.390 e. The number of hydrogen-bond acceptors (Lipinski definition) is 3. The van der Waals surface area contributed by atoms with Crippen LogP contribution in [0.1, 0.15) is 47.1 Å². The van der Waals surface area contributed by atoms with Gasteiger partial charge >= 0.3 is 0 Å². The Morgan fingerprint density at radius 1 is 1.26 bits per heavy atom. The lowest BCUT2D eigenvalue weighted by molar-refractivity contribution is 0.275. The summed E-state index contributed by atoms with van der Waals surface area (Å²) in [6.45, 7) is 1.93. The molecule has 3 rings (SSSR count). The van der Waals surface area contributed by atoms with Gasteiger partial charge in [0.15, 0.2) is 0 Å². The number of aryl methyl sites for hydroxylation is 2. The standard InChI is InChI=1S/C16H18N2O/c1-11-9-13(10-19)18-16(17-11)15-8-4-6-12-5-2-3-7-14(12)15/h2-3,5,7,9,15,19H,4,6,8,10H2,1H3. The van der Waals surface area contributed by atoms with Gasteiger partial charge in [-0.3, -0.25) is 0 Å². The molecule has 1 heterocycles. The van der Waals surface area contributed by atoms with E-state index in [9.17, 15) is 5.11 Å². The second-order valence-corrected chi connectivity index (χ2v) is 5.16. The van der Waals surface area contributed by atoms with Crippen molar-refractivity contribution in [3.05, 3.63) is 58.7 Å². The molecule has 0 aliphatic heterocycles. The zero-order valence-electron chi connectivity index (χ0n) is 11.1. The average Bonchev–Trinajstić information content (AvgIpc) is 2.46. The molecule has 1 aliphatic rings. The van der Waals surface area contributed by atoms with E-state index in [-0.39, 0.29) is 12.5 Å². The van der Waals surface area contributed by atoms with Crippen LogP contribution in [0.15, 0.2) is 30.3 Å². The lowest BCUT2D eigenvalue weighted by Crippen LogP contribution is -2.15. The minimum absolute atomic E-state index is 0.0231. The molecular weight excluding hydrogens is 236 g/mol. The van der Waals surface area contributed by atoms with E-state index in [1.807, 2.05) is 13.0 Å². The summed E-state index contributed by atoms with van der Waals surface area (Å²) in [7, 11) is 0. The van der Waals surface area contributed by atoms with Gasteiger partial charge in [-0.1, -0.05) is 24.3 Å². The first-order valence-corrected chi connectivity index (χ1v) is 6.81. The van der Waals surface area contributed by atoms with Crippen molar-refractivity contribution in [1.29, 1.82) is 0 Å². The molecule has 0 amide bonds. The van der Waals surface area contributed by atoms with Crippen molar-refractivity contribution >= 4 is 0 Å². The Bertz CT molecular complexity index is 595. The fourth-order valence-electron chi connectivity index (χ4n) is 2.92. The van der Waals surface area contributed by atoms with Crippen molar-refractivity contribution in [2.45, 2.75) is 38.7 Å². The molecule has 1 aromatic heterocycles. The van der Waals surface area contributed by atoms with Gasteiger partial charge in [-0.2, -0.15) is 0 Å². The molecule has 98 valence electrons. The van der Waals surface area contributed by atoms with Crippen LogP contribution in [-0.4, -0.2) is 15.1 Å². The highest BCUT2D eigenvalue weighted by atomic mass is 16.3. The summed E-state index contributed by atoms with van der Waals surface area (Å²) >= 11 is 0. The van der Waals surface area contributed by atoms with Gasteiger partial charge in [0.2, 0.25) is 0 Å². The van der Waals surface area contributed by atoms with E-state index in [0.29, 0.717) is 5.69 Å².